The van der Waals surface area contributed by atoms with Crippen LogP contribution in [0, 0.1) is 0 Å². The molecule has 0 spiro atoms. The van der Waals surface area contributed by atoms with Gasteiger partial charge in [0.25, 0.3) is 0 Å². The zero-order chi connectivity index (χ0) is 9.10. The van der Waals surface area contributed by atoms with Crippen molar-refractivity contribution in [2.45, 2.75) is 19.6 Å². The summed E-state index contributed by atoms with van der Waals surface area (Å²) in [5.41, 5.74) is 2.72. The molecule has 1 aromatic rings. The molecule has 2 rings (SSSR count). The van der Waals surface area contributed by atoms with Gasteiger partial charge >= 0.3 is 0 Å². The molecule has 1 N–H and O–H groups in total. The maximum Gasteiger partial charge on any atom is 0.0952 e. The summed E-state index contributed by atoms with van der Waals surface area (Å²) >= 11 is 0. The molecule has 0 aromatic heterocycles. The monoisotopic (exact) mass is 177 g/mol. The summed E-state index contributed by atoms with van der Waals surface area (Å²) in [7, 11) is 0. The van der Waals surface area contributed by atoms with Gasteiger partial charge in [0.2, 0.25) is 0 Å². The van der Waals surface area contributed by atoms with E-state index in [0.29, 0.717) is 0 Å². The number of hydrogen-bond donors (Lipinski definition) is 1. The molecule has 1 aromatic carbocycles. The molecule has 70 valence electrons. The van der Waals surface area contributed by atoms with Crippen molar-refractivity contribution in [3.8, 4) is 0 Å². The highest BCUT2D eigenvalue weighted by molar-refractivity contribution is 5.31. The van der Waals surface area contributed by atoms with E-state index in [1.54, 1.807) is 0 Å². The van der Waals surface area contributed by atoms with Gasteiger partial charge < -0.3 is 10.1 Å². The fourth-order valence-corrected chi connectivity index (χ4v) is 1.81. The molecular formula is C11H15NO. The predicted molar refractivity (Wildman–Crippen MR) is 52.5 cm³/mol. The second-order valence-electron chi connectivity index (χ2n) is 3.27. The molecule has 0 bridgehead atoms. The third kappa shape index (κ3) is 1.74. The maximum atomic E-state index is 5.65. The second kappa shape index (κ2) is 3.90. The Hall–Kier alpha value is -0.860. The van der Waals surface area contributed by atoms with E-state index in [1.165, 1.54) is 11.1 Å². The summed E-state index contributed by atoms with van der Waals surface area (Å²) in [6.07, 6.45) is 0.245. The van der Waals surface area contributed by atoms with Crippen molar-refractivity contribution >= 4 is 0 Å². The first-order valence-corrected chi connectivity index (χ1v) is 4.82. The largest absolute Gasteiger partial charge is 0.372 e. The Morgan fingerprint density at radius 2 is 2.31 bits per heavy atom. The number of fused-ring (bicyclic) bond motifs is 1. The van der Waals surface area contributed by atoms with E-state index in [0.717, 1.165) is 19.7 Å². The van der Waals surface area contributed by atoms with Gasteiger partial charge in [0, 0.05) is 19.7 Å². The third-order valence-electron chi connectivity index (χ3n) is 2.42. The van der Waals surface area contributed by atoms with E-state index in [4.69, 9.17) is 4.74 Å². The van der Waals surface area contributed by atoms with Crippen molar-refractivity contribution in [3.05, 3.63) is 35.4 Å². The standard InChI is InChI=1S/C11H15NO/c1-2-13-11-8-12-7-9-5-3-4-6-10(9)11/h3-6,11-12H,2,7-8H2,1H3/t11-/m0/s1. The molecule has 1 heterocycles. The number of rotatable bonds is 2. The number of ether oxygens (including phenoxy) is 1. The van der Waals surface area contributed by atoms with Gasteiger partial charge in [0.1, 0.15) is 0 Å². The smallest absolute Gasteiger partial charge is 0.0952 e. The lowest BCUT2D eigenvalue weighted by atomic mass is 9.99. The van der Waals surface area contributed by atoms with Crippen LogP contribution in [-0.4, -0.2) is 13.2 Å². The molecule has 1 atom stereocenters. The van der Waals surface area contributed by atoms with Crippen molar-refractivity contribution in [1.29, 1.82) is 0 Å². The van der Waals surface area contributed by atoms with Crippen LogP contribution in [0.2, 0.25) is 0 Å². The van der Waals surface area contributed by atoms with E-state index in [2.05, 4.69) is 29.6 Å². The summed E-state index contributed by atoms with van der Waals surface area (Å²) < 4.78 is 5.65. The molecule has 0 unspecified atom stereocenters. The summed E-state index contributed by atoms with van der Waals surface area (Å²) in [5.74, 6) is 0. The minimum Gasteiger partial charge on any atom is -0.372 e. The molecule has 0 fully saturated rings. The fraction of sp³-hybridized carbons (Fsp3) is 0.455. The molecule has 1 aliphatic rings. The van der Waals surface area contributed by atoms with Crippen LogP contribution < -0.4 is 5.32 Å². The Kier molecular flexibility index (Phi) is 2.62. The molecule has 2 nitrogen and oxygen atoms in total. The SMILES string of the molecule is CCO[C@H]1CNCc2ccccc21. The van der Waals surface area contributed by atoms with Gasteiger partial charge in [-0.3, -0.25) is 0 Å². The topological polar surface area (TPSA) is 21.3 Å². The first-order chi connectivity index (χ1) is 6.42. The molecule has 0 aliphatic carbocycles. The fourth-order valence-electron chi connectivity index (χ4n) is 1.81. The van der Waals surface area contributed by atoms with Crippen LogP contribution in [0.15, 0.2) is 24.3 Å². The highest BCUT2D eigenvalue weighted by Gasteiger charge is 2.18. The van der Waals surface area contributed by atoms with Crippen molar-refractivity contribution in [1.82, 2.24) is 5.32 Å². The number of hydrogen-bond acceptors (Lipinski definition) is 2. The van der Waals surface area contributed by atoms with Gasteiger partial charge in [-0.25, -0.2) is 0 Å². The molecule has 0 amide bonds. The van der Waals surface area contributed by atoms with E-state index >= 15 is 0 Å². The Bertz CT molecular complexity index is 285. The van der Waals surface area contributed by atoms with E-state index < -0.39 is 0 Å². The maximum absolute atomic E-state index is 5.65. The molecular weight excluding hydrogens is 162 g/mol. The highest BCUT2D eigenvalue weighted by Crippen LogP contribution is 2.24. The van der Waals surface area contributed by atoms with Crippen LogP contribution in [0.25, 0.3) is 0 Å². The summed E-state index contributed by atoms with van der Waals surface area (Å²) in [4.78, 5) is 0. The quantitative estimate of drug-likeness (QED) is 0.744. The van der Waals surface area contributed by atoms with Gasteiger partial charge in [-0.2, -0.15) is 0 Å². The third-order valence-corrected chi connectivity index (χ3v) is 2.42. The Labute approximate surface area is 78.9 Å². The van der Waals surface area contributed by atoms with Gasteiger partial charge in [-0.05, 0) is 18.1 Å². The Balaban J connectivity index is 2.26. The Morgan fingerprint density at radius 1 is 1.46 bits per heavy atom. The zero-order valence-electron chi connectivity index (χ0n) is 7.92. The molecule has 2 heteroatoms. The second-order valence-corrected chi connectivity index (χ2v) is 3.27. The predicted octanol–water partition coefficient (Wildman–Crippen LogP) is 1.87. The number of nitrogens with one attached hydrogen (secondary N) is 1. The average Bonchev–Trinajstić information content (AvgIpc) is 2.19. The lowest BCUT2D eigenvalue weighted by molar-refractivity contribution is 0.0568. The first kappa shape index (κ1) is 8.73. The summed E-state index contributed by atoms with van der Waals surface area (Å²) in [5, 5.41) is 3.35. The normalized spacial score (nSPS) is 21.2. The van der Waals surface area contributed by atoms with E-state index in [-0.39, 0.29) is 6.10 Å². The zero-order valence-corrected chi connectivity index (χ0v) is 7.92. The van der Waals surface area contributed by atoms with E-state index in [9.17, 15) is 0 Å². The van der Waals surface area contributed by atoms with Crippen LogP contribution in [-0.2, 0) is 11.3 Å². The van der Waals surface area contributed by atoms with Crippen molar-refractivity contribution < 1.29 is 4.74 Å². The molecule has 13 heavy (non-hydrogen) atoms. The molecule has 1 aliphatic heterocycles. The van der Waals surface area contributed by atoms with Crippen molar-refractivity contribution in [2.24, 2.45) is 0 Å². The van der Waals surface area contributed by atoms with Crippen LogP contribution in [0.5, 0.6) is 0 Å². The van der Waals surface area contributed by atoms with Crippen LogP contribution in [0.3, 0.4) is 0 Å². The molecule has 0 saturated carbocycles. The van der Waals surface area contributed by atoms with Crippen LogP contribution in [0.4, 0.5) is 0 Å². The number of benzene rings is 1. The van der Waals surface area contributed by atoms with Crippen LogP contribution in [0.1, 0.15) is 24.2 Å². The van der Waals surface area contributed by atoms with Gasteiger partial charge in [-0.1, -0.05) is 24.3 Å². The van der Waals surface area contributed by atoms with E-state index in [1.807, 2.05) is 6.92 Å². The lowest BCUT2D eigenvalue weighted by Crippen LogP contribution is -2.29. The van der Waals surface area contributed by atoms with Crippen molar-refractivity contribution in [2.75, 3.05) is 13.2 Å². The minimum atomic E-state index is 0.245. The van der Waals surface area contributed by atoms with Crippen molar-refractivity contribution in [3.63, 3.8) is 0 Å². The van der Waals surface area contributed by atoms with Gasteiger partial charge in [0.05, 0.1) is 6.10 Å². The average molecular weight is 177 g/mol. The Morgan fingerprint density at radius 3 is 3.15 bits per heavy atom. The van der Waals surface area contributed by atoms with Gasteiger partial charge in [-0.15, -0.1) is 0 Å². The lowest BCUT2D eigenvalue weighted by Gasteiger charge is -2.25. The molecule has 0 saturated heterocycles. The van der Waals surface area contributed by atoms with Crippen LogP contribution >= 0.6 is 0 Å². The molecule has 0 radical (unpaired) electrons. The summed E-state index contributed by atoms with van der Waals surface area (Å²) in [6, 6.07) is 8.48. The minimum absolute atomic E-state index is 0.245. The van der Waals surface area contributed by atoms with Gasteiger partial charge in [0.15, 0.2) is 0 Å². The highest BCUT2D eigenvalue weighted by atomic mass is 16.5. The summed E-state index contributed by atoms with van der Waals surface area (Å²) in [6.45, 7) is 4.72. The first-order valence-electron chi connectivity index (χ1n) is 4.82.